The average molecular weight is 332 g/mol. The molecule has 0 aliphatic heterocycles. The van der Waals surface area contributed by atoms with Gasteiger partial charge < -0.3 is 9.47 Å². The quantitative estimate of drug-likeness (QED) is 0.462. The first-order valence-electron chi connectivity index (χ1n) is 6.97. The molecule has 24 heavy (non-hydrogen) atoms. The number of carbonyl (C=O) groups excluding carboxylic acids is 2. The topological polar surface area (TPSA) is 52.6 Å². The molecule has 0 N–H and O–H groups in total. The third-order valence-electron chi connectivity index (χ3n) is 3.09. The predicted octanol–water partition coefficient (Wildman–Crippen LogP) is 3.41. The van der Waals surface area contributed by atoms with Crippen molar-refractivity contribution in [2.45, 2.75) is 0 Å². The molecule has 0 aromatic heterocycles. The highest BCUT2D eigenvalue weighted by Gasteiger charge is 2.05. The Kier molecular flexibility index (Phi) is 5.78. The molecule has 0 atom stereocenters. The molecule has 6 heteroatoms. The number of carbonyl (C=O) groups is 2. The summed E-state index contributed by atoms with van der Waals surface area (Å²) in [5, 5.41) is 0. The van der Waals surface area contributed by atoms with E-state index in [1.807, 2.05) is 0 Å². The van der Waals surface area contributed by atoms with Gasteiger partial charge in [-0.1, -0.05) is 12.1 Å². The maximum absolute atomic E-state index is 13.1. The van der Waals surface area contributed by atoms with Crippen molar-refractivity contribution in [3.63, 3.8) is 0 Å². The van der Waals surface area contributed by atoms with E-state index in [4.69, 9.17) is 4.74 Å². The van der Waals surface area contributed by atoms with Crippen LogP contribution in [-0.2, 0) is 9.53 Å². The number of methoxy groups -OCH3 is 1. The molecule has 0 aliphatic rings. The number of ketones is 1. The molecular formula is C18H14F2O4. The van der Waals surface area contributed by atoms with Gasteiger partial charge in [-0.15, -0.1) is 0 Å². The maximum atomic E-state index is 13.1. The summed E-state index contributed by atoms with van der Waals surface area (Å²) in [4.78, 5) is 23.0. The molecule has 0 aliphatic carbocycles. The fourth-order valence-electron chi connectivity index (χ4n) is 1.80. The van der Waals surface area contributed by atoms with E-state index >= 15 is 0 Å². The first-order valence-corrected chi connectivity index (χ1v) is 6.97. The van der Waals surface area contributed by atoms with Crippen molar-refractivity contribution in [1.82, 2.24) is 0 Å². The van der Waals surface area contributed by atoms with Gasteiger partial charge in [-0.2, -0.15) is 0 Å². The van der Waals surface area contributed by atoms with Gasteiger partial charge in [0.25, 0.3) is 0 Å². The molecule has 0 saturated heterocycles. The second-order valence-electron chi connectivity index (χ2n) is 4.76. The molecular weight excluding hydrogens is 318 g/mol. The second kappa shape index (κ2) is 8.01. The highest BCUT2D eigenvalue weighted by atomic mass is 19.2. The van der Waals surface area contributed by atoms with Crippen LogP contribution in [-0.4, -0.2) is 25.5 Å². The maximum Gasteiger partial charge on any atom is 0.343 e. The van der Waals surface area contributed by atoms with Crippen LogP contribution in [0.3, 0.4) is 0 Å². The van der Waals surface area contributed by atoms with E-state index in [-0.39, 0.29) is 12.4 Å². The van der Waals surface area contributed by atoms with Gasteiger partial charge in [0.15, 0.2) is 24.0 Å². The smallest absolute Gasteiger partial charge is 0.343 e. The van der Waals surface area contributed by atoms with Crippen LogP contribution in [0.4, 0.5) is 8.78 Å². The number of halogens is 2. The van der Waals surface area contributed by atoms with Crippen LogP contribution in [0.25, 0.3) is 6.08 Å². The average Bonchev–Trinajstić information content (AvgIpc) is 2.60. The van der Waals surface area contributed by atoms with E-state index in [2.05, 4.69) is 4.74 Å². The molecule has 2 aromatic rings. The number of allylic oxidation sites excluding steroid dienone is 1. The number of hydrogen-bond donors (Lipinski definition) is 0. The number of rotatable bonds is 6. The first kappa shape index (κ1) is 17.3. The van der Waals surface area contributed by atoms with Crippen molar-refractivity contribution in [2.24, 2.45) is 0 Å². The Morgan fingerprint density at radius 3 is 2.38 bits per heavy atom. The SMILES string of the molecule is COC(=O)COc1ccc(C(=O)C=Cc2ccc(F)c(F)c2)cc1. The predicted molar refractivity (Wildman–Crippen MR) is 83.7 cm³/mol. The zero-order valence-electron chi connectivity index (χ0n) is 12.8. The Bertz CT molecular complexity index is 767. The van der Waals surface area contributed by atoms with E-state index in [0.29, 0.717) is 16.9 Å². The van der Waals surface area contributed by atoms with E-state index in [1.165, 1.54) is 37.5 Å². The van der Waals surface area contributed by atoms with Gasteiger partial charge in [-0.05, 0) is 48.0 Å². The minimum absolute atomic E-state index is 0.222. The lowest BCUT2D eigenvalue weighted by Gasteiger charge is -2.05. The zero-order chi connectivity index (χ0) is 17.5. The summed E-state index contributed by atoms with van der Waals surface area (Å²) in [6.45, 7) is -0.222. The van der Waals surface area contributed by atoms with Crippen LogP contribution in [0.2, 0.25) is 0 Å². The molecule has 0 heterocycles. The Morgan fingerprint density at radius 1 is 1.04 bits per heavy atom. The summed E-state index contributed by atoms with van der Waals surface area (Å²) >= 11 is 0. The first-order chi connectivity index (χ1) is 11.5. The largest absolute Gasteiger partial charge is 0.482 e. The summed E-state index contributed by atoms with van der Waals surface area (Å²) in [5.41, 5.74) is 0.763. The van der Waals surface area contributed by atoms with Crippen LogP contribution in [0, 0.1) is 11.6 Å². The van der Waals surface area contributed by atoms with E-state index in [0.717, 1.165) is 12.1 Å². The third kappa shape index (κ3) is 4.74. The standard InChI is InChI=1S/C18H14F2O4/c1-23-18(22)11-24-14-6-4-13(5-7-14)17(21)9-3-12-2-8-15(19)16(20)10-12/h2-10H,11H2,1H3. The summed E-state index contributed by atoms with van der Waals surface area (Å²) in [7, 11) is 1.26. The molecule has 124 valence electrons. The molecule has 2 rings (SSSR count). The molecule has 0 unspecified atom stereocenters. The van der Waals surface area contributed by atoms with Crippen molar-refractivity contribution in [3.8, 4) is 5.75 Å². The fraction of sp³-hybridized carbons (Fsp3) is 0.111. The molecule has 0 fully saturated rings. The van der Waals surface area contributed by atoms with Crippen molar-refractivity contribution >= 4 is 17.8 Å². The Balaban J connectivity index is 2.00. The normalized spacial score (nSPS) is 10.6. The van der Waals surface area contributed by atoms with Crippen LogP contribution in [0.5, 0.6) is 5.75 Å². The lowest BCUT2D eigenvalue weighted by atomic mass is 10.1. The van der Waals surface area contributed by atoms with Crippen LogP contribution < -0.4 is 4.74 Å². The van der Waals surface area contributed by atoms with Crippen molar-refractivity contribution in [2.75, 3.05) is 13.7 Å². The monoisotopic (exact) mass is 332 g/mol. The van der Waals surface area contributed by atoms with Gasteiger partial charge in [0, 0.05) is 5.56 Å². The minimum Gasteiger partial charge on any atom is -0.482 e. The Morgan fingerprint density at radius 2 is 1.75 bits per heavy atom. The fourth-order valence-corrected chi connectivity index (χ4v) is 1.80. The van der Waals surface area contributed by atoms with Crippen LogP contribution >= 0.6 is 0 Å². The van der Waals surface area contributed by atoms with Gasteiger partial charge in [0.1, 0.15) is 5.75 Å². The lowest BCUT2D eigenvalue weighted by Crippen LogP contribution is -2.12. The summed E-state index contributed by atoms with van der Waals surface area (Å²) < 4.78 is 35.5. The van der Waals surface area contributed by atoms with Gasteiger partial charge >= 0.3 is 5.97 Å². The minimum atomic E-state index is -0.975. The number of esters is 1. The molecule has 0 bridgehead atoms. The van der Waals surface area contributed by atoms with E-state index in [9.17, 15) is 18.4 Å². The summed E-state index contributed by atoms with van der Waals surface area (Å²) in [6, 6.07) is 9.51. The van der Waals surface area contributed by atoms with E-state index in [1.54, 1.807) is 12.1 Å². The number of benzene rings is 2. The van der Waals surface area contributed by atoms with Crippen LogP contribution in [0.1, 0.15) is 15.9 Å². The molecule has 0 saturated carbocycles. The summed E-state index contributed by atoms with van der Waals surface area (Å²) in [5.74, 6) is -2.32. The van der Waals surface area contributed by atoms with Gasteiger partial charge in [-0.25, -0.2) is 13.6 Å². The zero-order valence-corrected chi connectivity index (χ0v) is 12.8. The molecule has 0 spiro atoms. The second-order valence-corrected chi connectivity index (χ2v) is 4.76. The van der Waals surface area contributed by atoms with Crippen molar-refractivity contribution < 1.29 is 27.8 Å². The molecule has 0 amide bonds. The summed E-state index contributed by atoms with van der Waals surface area (Å²) in [6.07, 6.45) is 2.66. The van der Waals surface area contributed by atoms with Crippen molar-refractivity contribution in [1.29, 1.82) is 0 Å². The molecule has 2 aromatic carbocycles. The highest BCUT2D eigenvalue weighted by Crippen LogP contribution is 2.14. The van der Waals surface area contributed by atoms with E-state index < -0.39 is 17.6 Å². The Labute approximate surface area is 137 Å². The third-order valence-corrected chi connectivity index (χ3v) is 3.09. The van der Waals surface area contributed by atoms with Gasteiger partial charge in [0.05, 0.1) is 7.11 Å². The Hall–Kier alpha value is -3.02. The molecule has 0 radical (unpaired) electrons. The van der Waals surface area contributed by atoms with Crippen LogP contribution in [0.15, 0.2) is 48.5 Å². The number of ether oxygens (including phenoxy) is 2. The van der Waals surface area contributed by atoms with Gasteiger partial charge in [-0.3, -0.25) is 4.79 Å². The van der Waals surface area contributed by atoms with Crippen molar-refractivity contribution in [3.05, 3.63) is 71.3 Å². The lowest BCUT2D eigenvalue weighted by molar-refractivity contribution is -0.142. The van der Waals surface area contributed by atoms with Gasteiger partial charge in [0.2, 0.25) is 0 Å². The number of hydrogen-bond acceptors (Lipinski definition) is 4. The molecule has 4 nitrogen and oxygen atoms in total. The highest BCUT2D eigenvalue weighted by molar-refractivity contribution is 6.06.